The van der Waals surface area contributed by atoms with Crippen LogP contribution in [0.3, 0.4) is 0 Å². The number of methoxy groups -OCH3 is 3. The number of rotatable bonds is 7. The summed E-state index contributed by atoms with van der Waals surface area (Å²) in [6.45, 7) is 0. The van der Waals surface area contributed by atoms with Crippen molar-refractivity contribution in [3.8, 4) is 33.9 Å². The molecule has 0 saturated carbocycles. The summed E-state index contributed by atoms with van der Waals surface area (Å²) >= 11 is 0. The Labute approximate surface area is 184 Å². The fraction of sp³-hybridized carbons (Fsp3) is 0.200. The monoisotopic (exact) mass is 391 g/mol. The summed E-state index contributed by atoms with van der Waals surface area (Å²) < 4.78 is 20.8. The van der Waals surface area contributed by atoms with E-state index in [4.69, 9.17) is 18.7 Å². The molecule has 0 fully saturated rings. The molecular formula is C20H18NNaO6. The Hall–Kier alpha value is -2.32. The molecule has 3 rings (SSSR count). The van der Waals surface area contributed by atoms with Gasteiger partial charge in [-0.1, -0.05) is 17.3 Å². The van der Waals surface area contributed by atoms with E-state index in [-0.39, 0.29) is 35.3 Å². The second-order valence-corrected chi connectivity index (χ2v) is 5.66. The van der Waals surface area contributed by atoms with Crippen molar-refractivity contribution in [2.45, 2.75) is 6.10 Å². The van der Waals surface area contributed by atoms with Crippen molar-refractivity contribution < 1.29 is 58.2 Å². The molecule has 8 heteroatoms. The summed E-state index contributed by atoms with van der Waals surface area (Å²) in [6.07, 6.45) is -1.39. The van der Waals surface area contributed by atoms with Gasteiger partial charge in [0.1, 0.15) is 17.2 Å². The van der Waals surface area contributed by atoms with Gasteiger partial charge < -0.3 is 28.6 Å². The quantitative estimate of drug-likeness (QED) is 0.500. The molecule has 0 aliphatic heterocycles. The van der Waals surface area contributed by atoms with Gasteiger partial charge in [0.15, 0.2) is 11.9 Å². The van der Waals surface area contributed by atoms with Crippen LogP contribution in [0.15, 0.2) is 53.1 Å². The van der Waals surface area contributed by atoms with Gasteiger partial charge in [0.25, 0.3) is 0 Å². The maximum atomic E-state index is 11.5. The minimum atomic E-state index is -1.41. The van der Waals surface area contributed by atoms with Crippen LogP contribution in [0.5, 0.6) is 11.5 Å². The molecule has 140 valence electrons. The van der Waals surface area contributed by atoms with E-state index in [2.05, 4.69) is 5.16 Å². The van der Waals surface area contributed by atoms with Crippen LogP contribution in [0.2, 0.25) is 0 Å². The third kappa shape index (κ3) is 4.39. The first-order chi connectivity index (χ1) is 13.1. The topological polar surface area (TPSA) is 93.9 Å². The summed E-state index contributed by atoms with van der Waals surface area (Å²) in [5.41, 5.74) is 2.45. The van der Waals surface area contributed by atoms with Crippen LogP contribution in [0, 0.1) is 0 Å². The van der Waals surface area contributed by atoms with Gasteiger partial charge in [-0.15, -0.1) is 0 Å². The van der Waals surface area contributed by atoms with Gasteiger partial charge in [-0.25, -0.2) is 0 Å². The van der Waals surface area contributed by atoms with Gasteiger partial charge in [0.2, 0.25) is 0 Å². The molecular weight excluding hydrogens is 373 g/mol. The van der Waals surface area contributed by atoms with Crippen LogP contribution in [0.1, 0.15) is 11.9 Å². The summed E-state index contributed by atoms with van der Waals surface area (Å²) in [5, 5.41) is 15.6. The number of carboxylic acids is 1. The van der Waals surface area contributed by atoms with Gasteiger partial charge in [-0.05, 0) is 42.0 Å². The minimum Gasteiger partial charge on any atom is -0.547 e. The summed E-state index contributed by atoms with van der Waals surface area (Å²) in [7, 11) is 4.42. The van der Waals surface area contributed by atoms with Crippen LogP contribution in [-0.2, 0) is 9.53 Å². The Morgan fingerprint density at radius 2 is 1.43 bits per heavy atom. The molecule has 1 atom stereocenters. The average Bonchev–Trinajstić information content (AvgIpc) is 3.13. The Kier molecular flexibility index (Phi) is 7.65. The maximum Gasteiger partial charge on any atom is 1.00 e. The van der Waals surface area contributed by atoms with E-state index in [1.165, 1.54) is 7.11 Å². The molecule has 0 spiro atoms. The predicted octanol–water partition coefficient (Wildman–Crippen LogP) is -0.533. The number of hydrogen-bond acceptors (Lipinski definition) is 7. The molecule has 0 bridgehead atoms. The van der Waals surface area contributed by atoms with Crippen molar-refractivity contribution in [1.82, 2.24) is 5.16 Å². The summed E-state index contributed by atoms with van der Waals surface area (Å²) in [5.74, 6) is 0.0158. The number of aliphatic carboxylic acids is 1. The van der Waals surface area contributed by atoms with Crippen molar-refractivity contribution in [2.75, 3.05) is 21.3 Å². The van der Waals surface area contributed by atoms with Crippen molar-refractivity contribution in [1.29, 1.82) is 0 Å². The average molecular weight is 391 g/mol. The molecule has 2 aromatic carbocycles. The first-order valence-electron chi connectivity index (χ1n) is 8.11. The van der Waals surface area contributed by atoms with Crippen LogP contribution >= 0.6 is 0 Å². The molecule has 0 amide bonds. The fourth-order valence-corrected chi connectivity index (χ4v) is 2.77. The molecule has 0 aliphatic carbocycles. The number of aromatic nitrogens is 1. The largest absolute Gasteiger partial charge is 1.00 e. The predicted molar refractivity (Wildman–Crippen MR) is 95.2 cm³/mol. The molecule has 28 heavy (non-hydrogen) atoms. The number of hydrogen-bond donors (Lipinski definition) is 0. The minimum absolute atomic E-state index is 0. The number of carbonyl (C=O) groups excluding carboxylic acids is 1. The first-order valence-corrected chi connectivity index (χ1v) is 8.11. The number of benzene rings is 2. The Morgan fingerprint density at radius 1 is 0.929 bits per heavy atom. The normalized spacial score (nSPS) is 11.4. The number of carboxylic acid groups (broad SMARTS) is 1. The molecule has 1 heterocycles. The zero-order valence-corrected chi connectivity index (χ0v) is 18.1. The SMILES string of the molecule is COc1ccc(-c2noc(C(OC)C(=O)[O-])c2-c2ccc(OC)cc2)cc1.[Na+]. The van der Waals surface area contributed by atoms with E-state index in [1.807, 2.05) is 12.1 Å². The first kappa shape index (κ1) is 22.0. The van der Waals surface area contributed by atoms with Gasteiger partial charge in [0, 0.05) is 12.7 Å². The molecule has 1 aromatic heterocycles. The van der Waals surface area contributed by atoms with Crippen LogP contribution < -0.4 is 44.1 Å². The zero-order chi connectivity index (χ0) is 19.4. The van der Waals surface area contributed by atoms with Crippen molar-refractivity contribution >= 4 is 5.97 Å². The molecule has 0 radical (unpaired) electrons. The smallest absolute Gasteiger partial charge is 0.547 e. The van der Waals surface area contributed by atoms with E-state index in [0.717, 1.165) is 5.56 Å². The molecule has 0 aliphatic rings. The van der Waals surface area contributed by atoms with Gasteiger partial charge >= 0.3 is 29.6 Å². The van der Waals surface area contributed by atoms with Crippen LogP contribution in [0.25, 0.3) is 22.4 Å². The van der Waals surface area contributed by atoms with Crippen LogP contribution in [-0.4, -0.2) is 32.5 Å². The van der Waals surface area contributed by atoms with Gasteiger partial charge in [-0.2, -0.15) is 0 Å². The molecule has 0 N–H and O–H groups in total. The van der Waals surface area contributed by atoms with Crippen molar-refractivity contribution in [3.05, 3.63) is 54.3 Å². The van der Waals surface area contributed by atoms with E-state index in [9.17, 15) is 9.90 Å². The summed E-state index contributed by atoms with van der Waals surface area (Å²) in [6, 6.07) is 14.3. The number of carbonyl (C=O) groups is 1. The van der Waals surface area contributed by atoms with Crippen molar-refractivity contribution in [2.24, 2.45) is 0 Å². The van der Waals surface area contributed by atoms with E-state index < -0.39 is 12.1 Å². The Balaban J connectivity index is 0.00000280. The Morgan fingerprint density at radius 3 is 1.86 bits per heavy atom. The standard InChI is InChI=1S/C20H19NO6.Na/c1-24-14-8-4-12(5-9-14)16-17(13-6-10-15(25-2)11-7-13)21-27-18(16)19(26-3)20(22)23;/h4-11,19H,1-3H3,(H,22,23);/q;+1/p-1. The maximum absolute atomic E-state index is 11.5. The van der Waals surface area contributed by atoms with Gasteiger partial charge in [0.05, 0.1) is 25.8 Å². The number of nitrogens with zero attached hydrogens (tertiary/aromatic N) is 1. The molecule has 3 aromatic rings. The second-order valence-electron chi connectivity index (χ2n) is 5.66. The second kappa shape index (κ2) is 9.75. The third-order valence-electron chi connectivity index (χ3n) is 4.15. The van der Waals surface area contributed by atoms with E-state index >= 15 is 0 Å². The zero-order valence-electron chi connectivity index (χ0n) is 16.1. The number of ether oxygens (including phenoxy) is 3. The van der Waals surface area contributed by atoms with E-state index in [0.29, 0.717) is 28.3 Å². The van der Waals surface area contributed by atoms with E-state index in [1.54, 1.807) is 50.6 Å². The Bertz CT molecular complexity index is 921. The molecule has 1 unspecified atom stereocenters. The third-order valence-corrected chi connectivity index (χ3v) is 4.15. The van der Waals surface area contributed by atoms with Crippen LogP contribution in [0.4, 0.5) is 0 Å². The summed E-state index contributed by atoms with van der Waals surface area (Å²) in [4.78, 5) is 11.5. The van der Waals surface area contributed by atoms with Gasteiger partial charge in [-0.3, -0.25) is 0 Å². The molecule has 7 nitrogen and oxygen atoms in total. The fourth-order valence-electron chi connectivity index (χ4n) is 2.77. The molecule has 0 saturated heterocycles. The van der Waals surface area contributed by atoms with Crippen molar-refractivity contribution in [3.63, 3.8) is 0 Å².